The summed E-state index contributed by atoms with van der Waals surface area (Å²) in [5.74, 6) is -0.156. The van der Waals surface area contributed by atoms with Gasteiger partial charge < -0.3 is 0 Å². The van der Waals surface area contributed by atoms with Crippen LogP contribution >= 0.6 is 0 Å². The number of fused-ring (bicyclic) bond motifs is 3. The predicted molar refractivity (Wildman–Crippen MR) is 85.1 cm³/mol. The molecule has 1 heterocycles. The standard InChI is InChI=1S/C19H14F3NO/c1-10-3-6-16-15(7-10)18(11(2)23-16)9-12-8-13(19(20,21)22)4-5-14(12)17(18)24/h3-8H,9H2,1-2H3. The Kier molecular flexibility index (Phi) is 2.87. The molecule has 0 N–H and O–H groups in total. The SMILES string of the molecule is CC1=Nc2ccc(C)cc2C12Cc1cc(C(F)(F)F)ccc1C2=O. The Balaban J connectivity index is 1.90. The molecular formula is C19H14F3NO. The Morgan fingerprint density at radius 2 is 1.83 bits per heavy atom. The van der Waals surface area contributed by atoms with Gasteiger partial charge in [0.15, 0.2) is 5.78 Å². The number of aryl methyl sites for hydroxylation is 1. The van der Waals surface area contributed by atoms with Crippen molar-refractivity contribution in [1.29, 1.82) is 0 Å². The highest BCUT2D eigenvalue weighted by atomic mass is 19.4. The van der Waals surface area contributed by atoms with Crippen LogP contribution in [0.4, 0.5) is 18.9 Å². The number of benzene rings is 2. The molecule has 1 unspecified atom stereocenters. The van der Waals surface area contributed by atoms with Crippen LogP contribution in [0.25, 0.3) is 0 Å². The van der Waals surface area contributed by atoms with Crippen molar-refractivity contribution in [3.63, 3.8) is 0 Å². The zero-order valence-corrected chi connectivity index (χ0v) is 13.2. The van der Waals surface area contributed by atoms with E-state index >= 15 is 0 Å². The van der Waals surface area contributed by atoms with Gasteiger partial charge in [0, 0.05) is 11.3 Å². The van der Waals surface area contributed by atoms with Gasteiger partial charge in [-0.1, -0.05) is 23.8 Å². The smallest absolute Gasteiger partial charge is 0.293 e. The summed E-state index contributed by atoms with van der Waals surface area (Å²) in [5, 5.41) is 0. The number of nitrogens with zero attached hydrogens (tertiary/aromatic N) is 1. The quantitative estimate of drug-likeness (QED) is 0.683. The number of halogens is 3. The zero-order valence-electron chi connectivity index (χ0n) is 13.2. The number of aliphatic imine (C=N–C) groups is 1. The third kappa shape index (κ3) is 1.84. The lowest BCUT2D eigenvalue weighted by Crippen LogP contribution is -2.38. The maximum absolute atomic E-state index is 13.1. The van der Waals surface area contributed by atoms with E-state index in [2.05, 4.69) is 4.99 Å². The minimum Gasteiger partial charge on any atom is -0.293 e. The van der Waals surface area contributed by atoms with E-state index in [4.69, 9.17) is 0 Å². The van der Waals surface area contributed by atoms with E-state index in [1.807, 2.05) is 25.1 Å². The van der Waals surface area contributed by atoms with Crippen LogP contribution in [0.5, 0.6) is 0 Å². The normalized spacial score (nSPS) is 21.9. The first-order valence-corrected chi connectivity index (χ1v) is 7.65. The van der Waals surface area contributed by atoms with Crippen molar-refractivity contribution in [3.8, 4) is 0 Å². The average Bonchev–Trinajstić information content (AvgIpc) is 2.95. The molecule has 0 bridgehead atoms. The first kappa shape index (κ1) is 15.1. The lowest BCUT2D eigenvalue weighted by atomic mass is 9.74. The van der Waals surface area contributed by atoms with Crippen molar-refractivity contribution in [2.24, 2.45) is 4.99 Å². The number of carbonyl (C=O) groups is 1. The fraction of sp³-hybridized carbons (Fsp3) is 0.263. The van der Waals surface area contributed by atoms with E-state index < -0.39 is 17.2 Å². The molecule has 0 amide bonds. The van der Waals surface area contributed by atoms with Crippen molar-refractivity contribution in [2.75, 3.05) is 0 Å². The lowest BCUT2D eigenvalue weighted by molar-refractivity contribution is -0.137. The van der Waals surface area contributed by atoms with E-state index in [-0.39, 0.29) is 12.2 Å². The van der Waals surface area contributed by atoms with Crippen molar-refractivity contribution < 1.29 is 18.0 Å². The monoisotopic (exact) mass is 329 g/mol. The van der Waals surface area contributed by atoms with E-state index in [0.717, 1.165) is 28.9 Å². The Bertz CT molecular complexity index is 927. The van der Waals surface area contributed by atoms with Crippen LogP contribution in [-0.2, 0) is 18.0 Å². The maximum atomic E-state index is 13.1. The predicted octanol–water partition coefficient (Wildman–Crippen LogP) is 4.80. The minimum absolute atomic E-state index is 0.156. The van der Waals surface area contributed by atoms with Gasteiger partial charge in [-0.3, -0.25) is 9.79 Å². The summed E-state index contributed by atoms with van der Waals surface area (Å²) >= 11 is 0. The van der Waals surface area contributed by atoms with Crippen LogP contribution in [-0.4, -0.2) is 11.5 Å². The highest BCUT2D eigenvalue weighted by Crippen LogP contribution is 2.49. The minimum atomic E-state index is -4.42. The average molecular weight is 329 g/mol. The van der Waals surface area contributed by atoms with Gasteiger partial charge in [-0.05, 0) is 49.6 Å². The second kappa shape index (κ2) is 4.56. The summed E-state index contributed by atoms with van der Waals surface area (Å²) in [6.45, 7) is 3.71. The molecule has 0 aromatic heterocycles. The van der Waals surface area contributed by atoms with Crippen molar-refractivity contribution in [1.82, 2.24) is 0 Å². The molecule has 2 nitrogen and oxygen atoms in total. The molecule has 2 aromatic rings. The van der Waals surface area contributed by atoms with Gasteiger partial charge in [0.25, 0.3) is 0 Å². The number of carbonyl (C=O) groups excluding carboxylic acids is 1. The molecule has 0 saturated heterocycles. The van der Waals surface area contributed by atoms with Crippen molar-refractivity contribution in [3.05, 3.63) is 64.2 Å². The topological polar surface area (TPSA) is 29.4 Å². The highest BCUT2D eigenvalue weighted by molar-refractivity contribution is 6.26. The molecule has 1 aliphatic heterocycles. The summed E-state index contributed by atoms with van der Waals surface area (Å²) in [4.78, 5) is 17.6. The van der Waals surface area contributed by atoms with E-state index in [1.165, 1.54) is 6.07 Å². The van der Waals surface area contributed by atoms with Gasteiger partial charge >= 0.3 is 6.18 Å². The molecule has 0 radical (unpaired) electrons. The molecule has 5 heteroatoms. The van der Waals surface area contributed by atoms with E-state index in [9.17, 15) is 18.0 Å². The molecule has 24 heavy (non-hydrogen) atoms. The number of hydrogen-bond donors (Lipinski definition) is 0. The van der Waals surface area contributed by atoms with Crippen LogP contribution in [0.1, 0.15) is 39.5 Å². The Morgan fingerprint density at radius 1 is 1.08 bits per heavy atom. The molecule has 4 rings (SSSR count). The van der Waals surface area contributed by atoms with Gasteiger partial charge in [0.2, 0.25) is 0 Å². The zero-order chi connectivity index (χ0) is 17.3. The van der Waals surface area contributed by atoms with Gasteiger partial charge in [-0.25, -0.2) is 0 Å². The molecule has 1 atom stereocenters. The van der Waals surface area contributed by atoms with Crippen LogP contribution in [0.15, 0.2) is 41.4 Å². The van der Waals surface area contributed by atoms with Crippen LogP contribution in [0, 0.1) is 6.92 Å². The number of ketones is 1. The third-order valence-electron chi connectivity index (χ3n) is 5.04. The number of alkyl halides is 3. The molecular weight excluding hydrogens is 315 g/mol. The molecule has 2 aliphatic rings. The van der Waals surface area contributed by atoms with Gasteiger partial charge in [0.1, 0.15) is 5.41 Å². The second-order valence-corrected chi connectivity index (χ2v) is 6.50. The lowest BCUT2D eigenvalue weighted by Gasteiger charge is -2.23. The van der Waals surface area contributed by atoms with Crippen molar-refractivity contribution >= 4 is 17.2 Å². The summed E-state index contributed by atoms with van der Waals surface area (Å²) in [7, 11) is 0. The second-order valence-electron chi connectivity index (χ2n) is 6.50. The Labute approximate surface area is 137 Å². The summed E-state index contributed by atoms with van der Waals surface area (Å²) in [6.07, 6.45) is -4.18. The molecule has 2 aromatic carbocycles. The third-order valence-corrected chi connectivity index (χ3v) is 5.04. The largest absolute Gasteiger partial charge is 0.416 e. The molecule has 1 spiro atoms. The maximum Gasteiger partial charge on any atom is 0.416 e. The molecule has 122 valence electrons. The molecule has 0 saturated carbocycles. The molecule has 1 aliphatic carbocycles. The van der Waals surface area contributed by atoms with Crippen LogP contribution < -0.4 is 0 Å². The number of Topliss-reactive ketones (excluding diaryl/α,β-unsaturated/α-hetero) is 1. The summed E-state index contributed by atoms with van der Waals surface area (Å²) < 4.78 is 38.9. The van der Waals surface area contributed by atoms with Crippen LogP contribution in [0.3, 0.4) is 0 Å². The van der Waals surface area contributed by atoms with Gasteiger partial charge in [0.05, 0.1) is 11.3 Å². The Morgan fingerprint density at radius 3 is 2.54 bits per heavy atom. The summed E-state index contributed by atoms with van der Waals surface area (Å²) in [6, 6.07) is 9.08. The fourth-order valence-corrected chi connectivity index (χ4v) is 3.80. The highest BCUT2D eigenvalue weighted by Gasteiger charge is 2.53. The molecule has 0 fully saturated rings. The van der Waals surface area contributed by atoms with Crippen molar-refractivity contribution in [2.45, 2.75) is 31.9 Å². The van der Waals surface area contributed by atoms with E-state index in [0.29, 0.717) is 16.8 Å². The van der Waals surface area contributed by atoms with Gasteiger partial charge in [-0.2, -0.15) is 13.2 Å². The number of rotatable bonds is 0. The van der Waals surface area contributed by atoms with E-state index in [1.54, 1.807) is 6.92 Å². The van der Waals surface area contributed by atoms with Crippen LogP contribution in [0.2, 0.25) is 0 Å². The first-order chi connectivity index (χ1) is 11.2. The fourth-order valence-electron chi connectivity index (χ4n) is 3.80. The van der Waals surface area contributed by atoms with Gasteiger partial charge in [-0.15, -0.1) is 0 Å². The first-order valence-electron chi connectivity index (χ1n) is 7.65. The number of hydrogen-bond acceptors (Lipinski definition) is 2. The Hall–Kier alpha value is -2.43. The summed E-state index contributed by atoms with van der Waals surface area (Å²) in [5.41, 5.74) is 2.32.